The van der Waals surface area contributed by atoms with E-state index in [-0.39, 0.29) is 0 Å². The summed E-state index contributed by atoms with van der Waals surface area (Å²) in [6, 6.07) is 14.2. The predicted octanol–water partition coefficient (Wildman–Crippen LogP) is 5.39. The number of alkyl carbamates (subject to hydrolysis) is 1. The summed E-state index contributed by atoms with van der Waals surface area (Å²) in [4.78, 5) is 40.8. The maximum absolute atomic E-state index is 13.7. The number of rotatable bonds is 9. The minimum Gasteiger partial charge on any atom is -0.444 e. The number of hydrogen-bond acceptors (Lipinski definition) is 5. The Labute approximate surface area is 222 Å². The first kappa shape index (κ1) is 29.1. The maximum Gasteiger partial charge on any atom is 0.408 e. The smallest absolute Gasteiger partial charge is 0.408 e. The molecule has 0 bridgehead atoms. The molecular weight excluding hydrogens is 498 g/mol. The Morgan fingerprint density at radius 2 is 1.81 bits per heavy atom. The van der Waals surface area contributed by atoms with Crippen molar-refractivity contribution >= 4 is 47.0 Å². The number of halogens is 1. The van der Waals surface area contributed by atoms with Crippen LogP contribution in [0.2, 0.25) is 5.02 Å². The predicted molar refractivity (Wildman–Crippen MR) is 146 cm³/mol. The number of aryl methyl sites for hydroxylation is 1. The summed E-state index contributed by atoms with van der Waals surface area (Å²) >= 11 is 7.83. The molecular formula is C27H32ClN3O4S. The van der Waals surface area contributed by atoms with Gasteiger partial charge in [-0.05, 0) is 63.3 Å². The van der Waals surface area contributed by atoms with Crippen LogP contribution in [0, 0.1) is 19.4 Å². The highest BCUT2D eigenvalue weighted by molar-refractivity contribution is 7.98. The number of terminal acetylenes is 1. The van der Waals surface area contributed by atoms with Gasteiger partial charge in [0.15, 0.2) is 0 Å². The summed E-state index contributed by atoms with van der Waals surface area (Å²) < 4.78 is 5.34. The van der Waals surface area contributed by atoms with Crippen LogP contribution in [0.3, 0.4) is 0 Å². The number of ether oxygens (including phenoxy) is 1. The normalized spacial score (nSPS) is 12.6. The average Bonchev–Trinajstić information content (AvgIpc) is 2.81. The lowest BCUT2D eigenvalue weighted by molar-refractivity contribution is -0.136. The van der Waals surface area contributed by atoms with Crippen LogP contribution in [0.1, 0.15) is 44.4 Å². The standard InChI is InChI=1S/C27H32ClN3O4S/c1-7-31(25(33)21(16-17-36-6)29-26(34)35-27(3,4)5)23(19-13-9-8-10-14-19)24(32)30-22-18(2)12-11-15-20(22)28/h1,8-15,21,23H,16-17H2,2-6H3,(H,29,34)(H,30,32). The van der Waals surface area contributed by atoms with Gasteiger partial charge in [0, 0.05) is 6.04 Å². The molecule has 7 nitrogen and oxygen atoms in total. The third kappa shape index (κ3) is 8.21. The number of thioether (sulfide) groups is 1. The van der Waals surface area contributed by atoms with Gasteiger partial charge in [0.25, 0.3) is 11.8 Å². The van der Waals surface area contributed by atoms with E-state index in [0.717, 1.165) is 10.5 Å². The summed E-state index contributed by atoms with van der Waals surface area (Å²) in [5.41, 5.74) is 0.945. The highest BCUT2D eigenvalue weighted by atomic mass is 35.5. The molecule has 36 heavy (non-hydrogen) atoms. The summed E-state index contributed by atoms with van der Waals surface area (Å²) in [5.74, 6) is -0.562. The minimum absolute atomic E-state index is 0.296. The zero-order chi connectivity index (χ0) is 26.9. The molecule has 2 atom stereocenters. The lowest BCUT2D eigenvalue weighted by Gasteiger charge is -2.30. The van der Waals surface area contributed by atoms with Gasteiger partial charge in [-0.25, -0.2) is 4.79 Å². The van der Waals surface area contributed by atoms with Crippen molar-refractivity contribution in [2.45, 2.75) is 51.8 Å². The molecule has 0 aliphatic heterocycles. The van der Waals surface area contributed by atoms with Crippen molar-refractivity contribution in [1.82, 2.24) is 10.2 Å². The Kier molecular flexibility index (Phi) is 10.7. The van der Waals surface area contributed by atoms with Gasteiger partial charge in [-0.2, -0.15) is 11.8 Å². The van der Waals surface area contributed by atoms with Crippen molar-refractivity contribution in [2.24, 2.45) is 0 Å². The number of anilines is 1. The highest BCUT2D eigenvalue weighted by Gasteiger charge is 2.36. The molecule has 0 saturated heterocycles. The number of nitrogens with zero attached hydrogens (tertiary/aromatic N) is 1. The van der Waals surface area contributed by atoms with Gasteiger partial charge in [-0.1, -0.05) is 60.5 Å². The van der Waals surface area contributed by atoms with Crippen molar-refractivity contribution in [3.05, 3.63) is 64.7 Å². The zero-order valence-corrected chi connectivity index (χ0v) is 22.7. The van der Waals surface area contributed by atoms with Crippen LogP contribution in [0.15, 0.2) is 48.5 Å². The van der Waals surface area contributed by atoms with Crippen molar-refractivity contribution in [2.75, 3.05) is 17.3 Å². The zero-order valence-electron chi connectivity index (χ0n) is 21.1. The first-order valence-electron chi connectivity index (χ1n) is 11.4. The second-order valence-corrected chi connectivity index (χ2v) is 10.4. The third-order valence-electron chi connectivity index (χ3n) is 5.07. The van der Waals surface area contributed by atoms with Gasteiger partial charge in [-0.15, -0.1) is 0 Å². The molecule has 2 aromatic carbocycles. The molecule has 0 heterocycles. The molecule has 192 valence electrons. The minimum atomic E-state index is -1.17. The van der Waals surface area contributed by atoms with Crippen molar-refractivity contribution < 1.29 is 19.1 Å². The van der Waals surface area contributed by atoms with Crippen LogP contribution in [-0.4, -0.2) is 46.5 Å². The molecule has 0 fully saturated rings. The van der Waals surface area contributed by atoms with Gasteiger partial charge in [0.1, 0.15) is 17.7 Å². The Morgan fingerprint density at radius 1 is 1.14 bits per heavy atom. The quantitative estimate of drug-likeness (QED) is 0.336. The summed E-state index contributed by atoms with van der Waals surface area (Å²) in [6.45, 7) is 6.99. The summed E-state index contributed by atoms with van der Waals surface area (Å²) in [5, 5.41) is 5.81. The molecule has 0 aliphatic rings. The molecule has 2 rings (SSSR count). The molecule has 0 aromatic heterocycles. The molecule has 0 aliphatic carbocycles. The summed E-state index contributed by atoms with van der Waals surface area (Å²) in [6.07, 6.45) is 7.24. The molecule has 0 spiro atoms. The van der Waals surface area contributed by atoms with Crippen LogP contribution in [0.25, 0.3) is 0 Å². The first-order chi connectivity index (χ1) is 17.0. The summed E-state index contributed by atoms with van der Waals surface area (Å²) in [7, 11) is 0. The fourth-order valence-corrected chi connectivity index (χ4v) is 4.15. The van der Waals surface area contributed by atoms with Gasteiger partial charge in [-0.3, -0.25) is 14.5 Å². The van der Waals surface area contributed by atoms with Crippen molar-refractivity contribution in [3.63, 3.8) is 0 Å². The number of carbonyl (C=O) groups is 3. The molecule has 0 saturated carbocycles. The molecule has 3 amide bonds. The van der Waals surface area contributed by atoms with E-state index in [1.54, 1.807) is 63.2 Å². The van der Waals surface area contributed by atoms with Crippen LogP contribution in [0.5, 0.6) is 0 Å². The van der Waals surface area contributed by atoms with E-state index in [1.807, 2.05) is 19.2 Å². The Balaban J connectivity index is 2.44. The third-order valence-corrected chi connectivity index (χ3v) is 6.03. The number of benzene rings is 2. The lowest BCUT2D eigenvalue weighted by atomic mass is 10.0. The van der Waals surface area contributed by atoms with E-state index in [0.29, 0.717) is 28.4 Å². The Morgan fingerprint density at radius 3 is 2.36 bits per heavy atom. The van der Waals surface area contributed by atoms with Gasteiger partial charge >= 0.3 is 6.09 Å². The van der Waals surface area contributed by atoms with Crippen LogP contribution in [0.4, 0.5) is 10.5 Å². The molecule has 0 radical (unpaired) electrons. The Hall–Kier alpha value is -3.15. The van der Waals surface area contributed by atoms with Gasteiger partial charge in [0.2, 0.25) is 0 Å². The molecule has 2 unspecified atom stereocenters. The average molecular weight is 530 g/mol. The van der Waals surface area contributed by atoms with Gasteiger partial charge in [0.05, 0.1) is 10.7 Å². The fourth-order valence-electron chi connectivity index (χ4n) is 3.41. The van der Waals surface area contributed by atoms with Gasteiger partial charge < -0.3 is 15.4 Å². The first-order valence-corrected chi connectivity index (χ1v) is 13.1. The maximum atomic E-state index is 13.7. The van der Waals surface area contributed by atoms with E-state index in [2.05, 4.69) is 16.7 Å². The van der Waals surface area contributed by atoms with E-state index in [1.165, 1.54) is 11.8 Å². The van der Waals surface area contributed by atoms with Crippen LogP contribution >= 0.6 is 23.4 Å². The monoisotopic (exact) mass is 529 g/mol. The van der Waals surface area contributed by atoms with Crippen LogP contribution < -0.4 is 10.6 Å². The van der Waals surface area contributed by atoms with Crippen molar-refractivity contribution in [1.29, 1.82) is 0 Å². The van der Waals surface area contributed by atoms with E-state index >= 15 is 0 Å². The topological polar surface area (TPSA) is 87.7 Å². The number of para-hydroxylation sites is 1. The largest absolute Gasteiger partial charge is 0.444 e. The molecule has 2 aromatic rings. The SMILES string of the molecule is C#CN(C(=O)C(CCSC)NC(=O)OC(C)(C)C)C(C(=O)Nc1c(C)cccc1Cl)c1ccccc1. The van der Waals surface area contributed by atoms with Crippen molar-refractivity contribution in [3.8, 4) is 12.5 Å². The van der Waals surface area contributed by atoms with E-state index in [4.69, 9.17) is 22.8 Å². The number of hydrogen-bond donors (Lipinski definition) is 2. The molecule has 9 heteroatoms. The second kappa shape index (κ2) is 13.2. The number of carbonyl (C=O) groups excluding carboxylic acids is 3. The lowest BCUT2D eigenvalue weighted by Crippen LogP contribution is -2.51. The number of amides is 3. The van der Waals surface area contributed by atoms with E-state index < -0.39 is 35.6 Å². The number of nitrogens with one attached hydrogen (secondary N) is 2. The Bertz CT molecular complexity index is 1090. The highest BCUT2D eigenvalue weighted by Crippen LogP contribution is 2.29. The van der Waals surface area contributed by atoms with E-state index in [9.17, 15) is 14.4 Å². The van der Waals surface area contributed by atoms with Crippen LogP contribution in [-0.2, 0) is 14.3 Å². The second-order valence-electron chi connectivity index (χ2n) is 9.05. The fraction of sp³-hybridized carbons (Fsp3) is 0.370. The molecule has 2 N–H and O–H groups in total.